The first-order chi connectivity index (χ1) is 18.5. The van der Waals surface area contributed by atoms with Gasteiger partial charge in [-0.3, -0.25) is 19.6 Å². The molecule has 0 bridgehead atoms. The minimum atomic E-state index is -2.91. The molecular weight excluding hydrogens is 746 g/mol. The summed E-state index contributed by atoms with van der Waals surface area (Å²) in [6, 6.07) is 8.23. The van der Waals surface area contributed by atoms with Gasteiger partial charge >= 0.3 is 46.1 Å². The SMILES string of the molecule is O.O.O=C([O-])C[C@@](O)(CC(=O)O)C(=O)[O-].O=C([O-])C[C@](O)(CC(=O)O)C(=O)[O-].[Mn+2].[Mn+2].[OH3+].[OH3+].[OH3+].[OH3+].c1cc(CCc2ccncc2)ccn1. The summed E-state index contributed by atoms with van der Waals surface area (Å²) in [7, 11) is 0. The van der Waals surface area contributed by atoms with Crippen molar-refractivity contribution in [3.63, 3.8) is 0 Å². The number of aliphatic hydroxyl groups is 2. The Hall–Kier alpha value is -4.16. The molecule has 0 saturated carbocycles. The Morgan fingerprint density at radius 3 is 0.938 bits per heavy atom. The minimum absolute atomic E-state index is 0. The molecule has 276 valence electrons. The molecule has 0 amide bonds. The fourth-order valence-corrected chi connectivity index (χ4v) is 2.78. The molecule has 22 nitrogen and oxygen atoms in total. The number of nitrogens with zero attached hydrogens (tertiary/aromatic N) is 2. The molecule has 0 spiro atoms. The fraction of sp³-hybridized carbons (Fsp3) is 0.333. The van der Waals surface area contributed by atoms with Crippen molar-refractivity contribution in [1.82, 2.24) is 9.97 Å². The van der Waals surface area contributed by atoms with Crippen molar-refractivity contribution in [3.8, 4) is 0 Å². The summed E-state index contributed by atoms with van der Waals surface area (Å²) < 4.78 is 0. The van der Waals surface area contributed by atoms with Crippen LogP contribution in [0.15, 0.2) is 49.1 Å². The van der Waals surface area contributed by atoms with Gasteiger partial charge in [-0.1, -0.05) is 0 Å². The molecule has 0 aliphatic carbocycles. The molecule has 2 rings (SSSR count). The van der Waals surface area contributed by atoms with Gasteiger partial charge in [-0.25, -0.2) is 0 Å². The van der Waals surface area contributed by atoms with Crippen LogP contribution < -0.4 is 20.4 Å². The van der Waals surface area contributed by atoms with Crippen LogP contribution in [0.1, 0.15) is 36.8 Å². The zero-order valence-corrected chi connectivity index (χ0v) is 27.1. The molecule has 20 N–H and O–H groups in total. The van der Waals surface area contributed by atoms with Gasteiger partial charge in [-0.15, -0.1) is 0 Å². The molecule has 0 aliphatic heterocycles. The molecule has 24 heteroatoms. The Labute approximate surface area is 291 Å². The molecule has 48 heavy (non-hydrogen) atoms. The Morgan fingerprint density at radius 2 is 0.771 bits per heavy atom. The van der Waals surface area contributed by atoms with Gasteiger partial charge in [-0.05, 0) is 48.2 Å². The Kier molecular flexibility index (Phi) is 45.2. The summed E-state index contributed by atoms with van der Waals surface area (Å²) in [6.45, 7) is 0. The molecular formula is C24H40Mn2N2O20+4. The van der Waals surface area contributed by atoms with Gasteiger partial charge < -0.3 is 92.9 Å². The average Bonchev–Trinajstić information content (AvgIpc) is 2.83. The van der Waals surface area contributed by atoms with Crippen LogP contribution in [-0.4, -0.2) is 88.4 Å². The predicted molar refractivity (Wildman–Crippen MR) is 146 cm³/mol. The molecule has 0 saturated heterocycles. The average molecular weight is 786 g/mol. The van der Waals surface area contributed by atoms with Gasteiger partial charge in [0, 0.05) is 49.6 Å². The number of aliphatic carboxylic acids is 6. The van der Waals surface area contributed by atoms with E-state index in [4.69, 9.17) is 20.4 Å². The fourth-order valence-electron chi connectivity index (χ4n) is 2.78. The van der Waals surface area contributed by atoms with Gasteiger partial charge in [0.25, 0.3) is 0 Å². The number of carboxylic acids is 6. The maximum Gasteiger partial charge on any atom is 2.00 e. The third-order valence-corrected chi connectivity index (χ3v) is 4.72. The number of carbonyl (C=O) groups is 6. The van der Waals surface area contributed by atoms with Gasteiger partial charge in [0.1, 0.15) is 11.2 Å². The summed E-state index contributed by atoms with van der Waals surface area (Å²) in [5.74, 6) is -11.3. The minimum Gasteiger partial charge on any atom is -0.550 e. The van der Waals surface area contributed by atoms with Gasteiger partial charge in [0.05, 0.1) is 24.8 Å². The molecule has 0 aromatic carbocycles. The molecule has 2 atom stereocenters. The van der Waals surface area contributed by atoms with E-state index < -0.39 is 72.7 Å². The van der Waals surface area contributed by atoms with E-state index >= 15 is 0 Å². The number of aryl methyl sites for hydroxylation is 2. The second-order valence-corrected chi connectivity index (χ2v) is 8.09. The standard InChI is InChI=1S/C12H12N2.2C6H8O7.2Mn.6H2O/c1(11-3-7-13-8-4-11)2-12-5-9-14-10-6-12;2*7-3(8)1-6(13,5(11)12)2-4(9)10;;;;;;;;/h3-10H,1-2H2;2*13H,1-2H2,(H,7,8)(H,9,10)(H,11,12);;;6*1H2/q;;;2*+2;;;;;;. The molecule has 0 aliphatic rings. The Balaban J connectivity index is -0.0000000628. The van der Waals surface area contributed by atoms with E-state index in [9.17, 15) is 49.2 Å². The summed E-state index contributed by atoms with van der Waals surface area (Å²) in [4.78, 5) is 68.3. The van der Waals surface area contributed by atoms with Crippen molar-refractivity contribution < 1.29 is 137 Å². The topological polar surface area (TPSA) is 496 Å². The van der Waals surface area contributed by atoms with Crippen molar-refractivity contribution in [1.29, 1.82) is 0 Å². The van der Waals surface area contributed by atoms with Crippen molar-refractivity contribution in [2.24, 2.45) is 0 Å². The number of hydrogen-bond donors (Lipinski definition) is 4. The van der Waals surface area contributed by atoms with E-state index in [0.717, 1.165) is 12.8 Å². The van der Waals surface area contributed by atoms with Crippen LogP contribution in [0.3, 0.4) is 0 Å². The summed E-state index contributed by atoms with van der Waals surface area (Å²) in [6.07, 6.45) is 4.34. The monoisotopic (exact) mass is 786 g/mol. The number of rotatable bonds is 13. The van der Waals surface area contributed by atoms with E-state index in [1.807, 2.05) is 24.8 Å². The second-order valence-electron chi connectivity index (χ2n) is 8.09. The third kappa shape index (κ3) is 29.3. The maximum absolute atomic E-state index is 10.2. The number of carbonyl (C=O) groups excluding carboxylic acids is 4. The van der Waals surface area contributed by atoms with E-state index in [1.54, 1.807) is 0 Å². The molecule has 2 aromatic rings. The normalized spacial score (nSPS) is 10.8. The molecule has 2 heterocycles. The first kappa shape index (κ1) is 66.3. The van der Waals surface area contributed by atoms with Crippen LogP contribution in [0.25, 0.3) is 0 Å². The zero-order chi connectivity index (χ0) is 30.9. The molecule has 0 fully saturated rings. The molecule has 2 radical (unpaired) electrons. The van der Waals surface area contributed by atoms with Gasteiger partial charge in [0.2, 0.25) is 0 Å². The number of hydrogen-bond acceptors (Lipinski definition) is 14. The second kappa shape index (κ2) is 32.8. The van der Waals surface area contributed by atoms with E-state index in [0.29, 0.717) is 0 Å². The summed E-state index contributed by atoms with van der Waals surface area (Å²) in [5, 5.41) is 74.5. The summed E-state index contributed by atoms with van der Waals surface area (Å²) >= 11 is 0. The van der Waals surface area contributed by atoms with Gasteiger partial charge in [-0.2, -0.15) is 0 Å². The smallest absolute Gasteiger partial charge is 0.550 e. The van der Waals surface area contributed by atoms with Crippen molar-refractivity contribution in [2.75, 3.05) is 0 Å². The van der Waals surface area contributed by atoms with Crippen LogP contribution >= 0.6 is 0 Å². The quantitative estimate of drug-likeness (QED) is 0.108. The van der Waals surface area contributed by atoms with Crippen molar-refractivity contribution in [3.05, 3.63) is 60.2 Å². The predicted octanol–water partition coefficient (Wildman–Crippen LogP) is -10.9. The Bertz CT molecular complexity index is 1050. The van der Waals surface area contributed by atoms with Crippen LogP contribution in [0.2, 0.25) is 0 Å². The third-order valence-electron chi connectivity index (χ3n) is 4.72. The van der Waals surface area contributed by atoms with E-state index in [-0.39, 0.29) is 67.0 Å². The largest absolute Gasteiger partial charge is 2.00 e. The van der Waals surface area contributed by atoms with Crippen molar-refractivity contribution >= 4 is 35.8 Å². The molecule has 2 aromatic heterocycles. The number of pyridine rings is 2. The number of carboxylic acid groups (broad SMARTS) is 6. The zero-order valence-electron chi connectivity index (χ0n) is 24.7. The maximum atomic E-state index is 10.2. The van der Waals surface area contributed by atoms with E-state index in [2.05, 4.69) is 34.2 Å². The molecule has 0 unspecified atom stereocenters. The van der Waals surface area contributed by atoms with Crippen LogP contribution in [-0.2, 0) is 97.7 Å². The first-order valence-electron chi connectivity index (χ1n) is 11.0. The first-order valence-corrected chi connectivity index (χ1v) is 11.0. The van der Waals surface area contributed by atoms with Crippen LogP contribution in [0.5, 0.6) is 0 Å². The van der Waals surface area contributed by atoms with Gasteiger partial charge in [0.15, 0.2) is 0 Å². The Morgan fingerprint density at radius 1 is 0.542 bits per heavy atom. The number of aromatic nitrogens is 2. The summed E-state index contributed by atoms with van der Waals surface area (Å²) in [5.41, 5.74) is -3.16. The van der Waals surface area contributed by atoms with Crippen molar-refractivity contribution in [2.45, 2.75) is 49.7 Å². The van der Waals surface area contributed by atoms with Crippen LogP contribution in [0, 0.1) is 0 Å². The van der Waals surface area contributed by atoms with E-state index in [1.165, 1.54) is 11.1 Å². The van der Waals surface area contributed by atoms with Crippen LogP contribution in [0.4, 0.5) is 0 Å².